The molecular weight excluding hydrogens is 322 g/mol. The fraction of sp³-hybridized carbons (Fsp3) is 0.444. The van der Waals surface area contributed by atoms with Gasteiger partial charge in [0.15, 0.2) is 0 Å². The van der Waals surface area contributed by atoms with Gasteiger partial charge in [0.1, 0.15) is 6.04 Å². The molecule has 2 atom stereocenters. The number of amides is 1. The number of rotatable bonds is 5. The van der Waals surface area contributed by atoms with E-state index in [1.54, 1.807) is 11.3 Å². The Morgan fingerprint density at radius 2 is 2.21 bits per heavy atom. The molecule has 1 aliphatic heterocycles. The van der Waals surface area contributed by atoms with Gasteiger partial charge in [-0.3, -0.25) is 4.79 Å². The van der Waals surface area contributed by atoms with Crippen molar-refractivity contribution in [1.82, 2.24) is 15.6 Å². The molecule has 2 N–H and O–H groups in total. The van der Waals surface area contributed by atoms with E-state index >= 15 is 0 Å². The van der Waals surface area contributed by atoms with E-state index in [4.69, 9.17) is 4.74 Å². The summed E-state index contributed by atoms with van der Waals surface area (Å²) in [6.07, 6.45) is 0.726. The third-order valence-electron chi connectivity index (χ3n) is 4.18. The Bertz CT molecular complexity index is 684. The van der Waals surface area contributed by atoms with Gasteiger partial charge in [0.2, 0.25) is 5.91 Å². The highest BCUT2D eigenvalue weighted by Crippen LogP contribution is 2.21. The highest BCUT2D eigenvalue weighted by molar-refractivity contribution is 7.09. The molecule has 6 heteroatoms. The quantitative estimate of drug-likeness (QED) is 0.872. The molecule has 1 aliphatic rings. The molecule has 1 aromatic heterocycles. The number of carbonyl (C=O) groups excluding carboxylic acids is 1. The van der Waals surface area contributed by atoms with Crippen LogP contribution in [0.1, 0.15) is 17.5 Å². The summed E-state index contributed by atoms with van der Waals surface area (Å²) < 4.78 is 5.50. The molecule has 5 nitrogen and oxygen atoms in total. The lowest BCUT2D eigenvalue weighted by Crippen LogP contribution is -2.55. The summed E-state index contributed by atoms with van der Waals surface area (Å²) in [5, 5.41) is 9.34. The van der Waals surface area contributed by atoms with Crippen molar-refractivity contribution < 1.29 is 9.53 Å². The van der Waals surface area contributed by atoms with Crippen molar-refractivity contribution in [3.8, 4) is 11.3 Å². The summed E-state index contributed by atoms with van der Waals surface area (Å²) in [5.74, 6) is 0.0109. The average Bonchev–Trinajstić information content (AvgIpc) is 3.02. The number of thiazole rings is 1. The summed E-state index contributed by atoms with van der Waals surface area (Å²) in [6, 6.07) is 8.12. The third-order valence-corrected chi connectivity index (χ3v) is 4.95. The molecule has 24 heavy (non-hydrogen) atoms. The minimum Gasteiger partial charge on any atom is -0.375 e. The molecule has 0 saturated carbocycles. The maximum atomic E-state index is 12.2. The first kappa shape index (κ1) is 17.1. The fourth-order valence-electron chi connectivity index (χ4n) is 2.81. The number of morpholine rings is 1. The second-order valence-corrected chi connectivity index (χ2v) is 7.06. The van der Waals surface area contributed by atoms with Crippen molar-refractivity contribution in [2.24, 2.45) is 0 Å². The summed E-state index contributed by atoms with van der Waals surface area (Å²) in [7, 11) is 0. The van der Waals surface area contributed by atoms with Crippen LogP contribution in [-0.4, -0.2) is 42.7 Å². The van der Waals surface area contributed by atoms with Crippen LogP contribution >= 0.6 is 11.3 Å². The SMILES string of the molecule is Cc1nc(-c2ccc(CCNC(=O)[C@H]3NCCO[C@@H]3C)cc2)cs1. The second-order valence-electron chi connectivity index (χ2n) is 6.00. The first-order chi connectivity index (χ1) is 11.6. The van der Waals surface area contributed by atoms with Crippen LogP contribution in [0.5, 0.6) is 0 Å². The third kappa shape index (κ3) is 4.20. The number of benzene rings is 1. The van der Waals surface area contributed by atoms with Gasteiger partial charge in [0, 0.05) is 24.0 Å². The number of nitrogens with zero attached hydrogens (tertiary/aromatic N) is 1. The Hall–Kier alpha value is -1.76. The Morgan fingerprint density at radius 1 is 1.42 bits per heavy atom. The smallest absolute Gasteiger partial charge is 0.239 e. The predicted octanol–water partition coefficient (Wildman–Crippen LogP) is 2.15. The second kappa shape index (κ2) is 7.88. The normalized spacial score (nSPS) is 20.8. The number of hydrogen-bond donors (Lipinski definition) is 2. The minimum absolute atomic E-state index is 0.0109. The number of carbonyl (C=O) groups is 1. The maximum Gasteiger partial charge on any atom is 0.239 e. The molecule has 1 aromatic carbocycles. The predicted molar refractivity (Wildman–Crippen MR) is 96.2 cm³/mol. The number of aromatic nitrogens is 1. The Kier molecular flexibility index (Phi) is 5.60. The van der Waals surface area contributed by atoms with Gasteiger partial charge in [0.25, 0.3) is 0 Å². The number of ether oxygens (including phenoxy) is 1. The molecule has 0 radical (unpaired) electrons. The molecular formula is C18H23N3O2S. The minimum atomic E-state index is -0.256. The molecule has 0 spiro atoms. The van der Waals surface area contributed by atoms with Gasteiger partial charge in [-0.2, -0.15) is 0 Å². The zero-order chi connectivity index (χ0) is 16.9. The molecule has 0 aliphatic carbocycles. The van der Waals surface area contributed by atoms with E-state index in [2.05, 4.69) is 45.3 Å². The topological polar surface area (TPSA) is 63.2 Å². The maximum absolute atomic E-state index is 12.2. The van der Waals surface area contributed by atoms with Crippen molar-refractivity contribution in [1.29, 1.82) is 0 Å². The van der Waals surface area contributed by atoms with E-state index < -0.39 is 0 Å². The Morgan fingerprint density at radius 3 is 2.88 bits per heavy atom. The first-order valence-electron chi connectivity index (χ1n) is 8.27. The van der Waals surface area contributed by atoms with Gasteiger partial charge in [-0.05, 0) is 25.8 Å². The first-order valence-corrected chi connectivity index (χ1v) is 9.15. The lowest BCUT2D eigenvalue weighted by molar-refractivity contribution is -0.128. The largest absolute Gasteiger partial charge is 0.375 e. The van der Waals surface area contributed by atoms with Crippen molar-refractivity contribution in [2.45, 2.75) is 32.4 Å². The van der Waals surface area contributed by atoms with Gasteiger partial charge in [-0.1, -0.05) is 24.3 Å². The van der Waals surface area contributed by atoms with Crippen molar-refractivity contribution in [3.63, 3.8) is 0 Å². The monoisotopic (exact) mass is 345 g/mol. The lowest BCUT2D eigenvalue weighted by Gasteiger charge is -2.29. The highest BCUT2D eigenvalue weighted by atomic mass is 32.1. The molecule has 128 valence electrons. The molecule has 3 rings (SSSR count). The van der Waals surface area contributed by atoms with Crippen molar-refractivity contribution >= 4 is 17.2 Å². The van der Waals surface area contributed by atoms with Crippen LogP contribution in [0, 0.1) is 6.92 Å². The van der Waals surface area contributed by atoms with Gasteiger partial charge in [-0.15, -0.1) is 11.3 Å². The van der Waals surface area contributed by atoms with Gasteiger partial charge in [-0.25, -0.2) is 4.98 Å². The van der Waals surface area contributed by atoms with Crippen LogP contribution in [0.2, 0.25) is 0 Å². The summed E-state index contributed by atoms with van der Waals surface area (Å²) in [5.41, 5.74) is 3.35. The van der Waals surface area contributed by atoms with Crippen LogP contribution < -0.4 is 10.6 Å². The molecule has 0 unspecified atom stereocenters. The van der Waals surface area contributed by atoms with Crippen LogP contribution in [0.25, 0.3) is 11.3 Å². The van der Waals surface area contributed by atoms with E-state index in [1.807, 2.05) is 13.8 Å². The molecule has 0 bridgehead atoms. The molecule has 1 fully saturated rings. The summed E-state index contributed by atoms with van der Waals surface area (Å²) in [6.45, 7) is 5.95. The summed E-state index contributed by atoms with van der Waals surface area (Å²) in [4.78, 5) is 16.7. The van der Waals surface area contributed by atoms with Crippen LogP contribution in [0.4, 0.5) is 0 Å². The van der Waals surface area contributed by atoms with Gasteiger partial charge >= 0.3 is 0 Å². The van der Waals surface area contributed by atoms with E-state index in [1.165, 1.54) is 5.56 Å². The van der Waals surface area contributed by atoms with Crippen molar-refractivity contribution in [3.05, 3.63) is 40.2 Å². The standard InChI is InChI=1S/C18H23N3O2S/c1-12-17(19-9-10-23-12)18(22)20-8-7-14-3-5-15(6-4-14)16-11-24-13(2)21-16/h3-6,11-12,17,19H,7-10H2,1-2H3,(H,20,22)/t12-,17+/m1/s1. The highest BCUT2D eigenvalue weighted by Gasteiger charge is 2.27. The van der Waals surface area contributed by atoms with Crippen molar-refractivity contribution in [2.75, 3.05) is 19.7 Å². The molecule has 2 aromatic rings. The fourth-order valence-corrected chi connectivity index (χ4v) is 3.43. The van der Waals surface area contributed by atoms with E-state index in [9.17, 15) is 4.79 Å². The number of aryl methyl sites for hydroxylation is 1. The van der Waals surface area contributed by atoms with Gasteiger partial charge < -0.3 is 15.4 Å². The molecule has 1 amide bonds. The van der Waals surface area contributed by atoms with Crippen LogP contribution in [0.3, 0.4) is 0 Å². The van der Waals surface area contributed by atoms with E-state index in [-0.39, 0.29) is 18.1 Å². The zero-order valence-electron chi connectivity index (χ0n) is 14.0. The van der Waals surface area contributed by atoms with Crippen LogP contribution in [-0.2, 0) is 16.0 Å². The summed E-state index contributed by atoms with van der Waals surface area (Å²) >= 11 is 1.66. The average molecular weight is 345 g/mol. The van der Waals surface area contributed by atoms with Crippen LogP contribution in [0.15, 0.2) is 29.6 Å². The number of hydrogen-bond acceptors (Lipinski definition) is 5. The molecule has 2 heterocycles. The Balaban J connectivity index is 1.49. The molecule has 1 saturated heterocycles. The lowest BCUT2D eigenvalue weighted by atomic mass is 10.1. The zero-order valence-corrected chi connectivity index (χ0v) is 14.9. The number of nitrogens with one attached hydrogen (secondary N) is 2. The Labute approximate surface area is 146 Å². The van der Waals surface area contributed by atoms with Gasteiger partial charge in [0.05, 0.1) is 23.4 Å². The van der Waals surface area contributed by atoms with E-state index in [0.717, 1.165) is 29.2 Å². The van der Waals surface area contributed by atoms with E-state index in [0.29, 0.717) is 13.2 Å².